The van der Waals surface area contributed by atoms with Crippen LogP contribution in [0.2, 0.25) is 0 Å². The number of carbonyl (C=O) groups is 4. The van der Waals surface area contributed by atoms with Crippen LogP contribution in [0.5, 0.6) is 0 Å². The van der Waals surface area contributed by atoms with Crippen molar-refractivity contribution in [2.24, 2.45) is 0 Å². The van der Waals surface area contributed by atoms with Gasteiger partial charge in [0.05, 0.1) is 0 Å². The molecule has 3 aromatic heterocycles. The molecule has 0 spiro atoms. The third kappa shape index (κ3) is 25.5. The van der Waals surface area contributed by atoms with E-state index >= 15 is 0 Å². The summed E-state index contributed by atoms with van der Waals surface area (Å²) in [5.41, 5.74) is 3.34. The minimum atomic E-state index is 0.00549. The molecule has 1 aliphatic heterocycles. The number of nitrogens with zero attached hydrogens (tertiary/aromatic N) is 4. The zero-order chi connectivity index (χ0) is 35.2. The molecule has 0 atom stereocenters. The highest BCUT2D eigenvalue weighted by Gasteiger charge is 2.08. The van der Waals surface area contributed by atoms with Gasteiger partial charge in [0.1, 0.15) is 0 Å². The number of likely N-dealkylation sites (tertiary alicyclic amines) is 1. The second-order valence-electron chi connectivity index (χ2n) is 11.1. The number of carbonyl (C=O) groups excluding carboxylic acids is 4. The lowest BCUT2D eigenvalue weighted by Gasteiger charge is -2.26. The Morgan fingerprint density at radius 1 is 0.583 bits per heavy atom. The van der Waals surface area contributed by atoms with E-state index in [0.29, 0.717) is 19.6 Å². The fourth-order valence-corrected chi connectivity index (χ4v) is 4.35. The van der Waals surface area contributed by atoms with Crippen molar-refractivity contribution < 1.29 is 19.2 Å². The topological polar surface area (TPSA) is 158 Å². The third-order valence-electron chi connectivity index (χ3n) is 6.78. The summed E-state index contributed by atoms with van der Waals surface area (Å²) in [6.07, 6.45) is 15.3. The van der Waals surface area contributed by atoms with E-state index in [1.807, 2.05) is 48.7 Å². The molecule has 4 rings (SSSR count). The summed E-state index contributed by atoms with van der Waals surface area (Å²) in [5.74, 6) is 0.112. The average molecular weight is 663 g/mol. The van der Waals surface area contributed by atoms with Gasteiger partial charge in [0, 0.05) is 104 Å². The summed E-state index contributed by atoms with van der Waals surface area (Å²) >= 11 is 0. The fraction of sp³-hybridized carbons (Fsp3) is 0.472. The van der Waals surface area contributed by atoms with Gasteiger partial charge in [-0.2, -0.15) is 0 Å². The van der Waals surface area contributed by atoms with Crippen LogP contribution >= 0.6 is 0 Å². The Balaban J connectivity index is 0.000000320. The summed E-state index contributed by atoms with van der Waals surface area (Å²) in [4.78, 5) is 56.5. The van der Waals surface area contributed by atoms with Crippen molar-refractivity contribution in [3.05, 3.63) is 90.3 Å². The summed E-state index contributed by atoms with van der Waals surface area (Å²) in [7, 11) is 0. The largest absolute Gasteiger partial charge is 0.356 e. The maximum absolute atomic E-state index is 10.6. The molecule has 0 aliphatic carbocycles. The molecular weight excluding hydrogens is 608 g/mol. The molecule has 4 amide bonds. The van der Waals surface area contributed by atoms with Gasteiger partial charge >= 0.3 is 0 Å². The van der Waals surface area contributed by atoms with Gasteiger partial charge in [-0.1, -0.05) is 18.6 Å². The van der Waals surface area contributed by atoms with Gasteiger partial charge < -0.3 is 26.2 Å². The van der Waals surface area contributed by atoms with E-state index in [4.69, 9.17) is 0 Å². The quantitative estimate of drug-likeness (QED) is 0.231. The van der Waals surface area contributed by atoms with Crippen LogP contribution < -0.4 is 21.3 Å². The van der Waals surface area contributed by atoms with E-state index in [1.165, 1.54) is 58.7 Å². The van der Waals surface area contributed by atoms with Crippen molar-refractivity contribution in [1.82, 2.24) is 41.1 Å². The fourth-order valence-electron chi connectivity index (χ4n) is 4.35. The highest BCUT2D eigenvalue weighted by atomic mass is 16.2. The normalized spacial score (nSPS) is 11.8. The van der Waals surface area contributed by atoms with E-state index < -0.39 is 0 Å². The molecule has 262 valence electrons. The molecule has 0 saturated carbocycles. The van der Waals surface area contributed by atoms with Crippen LogP contribution in [-0.4, -0.2) is 89.3 Å². The first-order valence-corrected chi connectivity index (χ1v) is 16.5. The van der Waals surface area contributed by atoms with E-state index in [2.05, 4.69) is 41.1 Å². The van der Waals surface area contributed by atoms with Crippen molar-refractivity contribution in [3.8, 4) is 0 Å². The number of pyridine rings is 3. The smallest absolute Gasteiger partial charge is 0.216 e. The molecule has 12 heteroatoms. The number of amides is 4. The predicted octanol–water partition coefficient (Wildman–Crippen LogP) is 2.89. The molecule has 3 aromatic rings. The maximum atomic E-state index is 10.6. The number of rotatable bonds is 12. The van der Waals surface area contributed by atoms with E-state index in [1.54, 1.807) is 31.7 Å². The Hall–Kier alpha value is -4.71. The van der Waals surface area contributed by atoms with Crippen molar-refractivity contribution in [1.29, 1.82) is 0 Å². The van der Waals surface area contributed by atoms with Crippen LogP contribution in [0.4, 0.5) is 0 Å². The first-order valence-electron chi connectivity index (χ1n) is 16.5. The molecule has 4 heterocycles. The first kappa shape index (κ1) is 41.3. The van der Waals surface area contributed by atoms with Crippen LogP contribution in [0, 0.1) is 0 Å². The van der Waals surface area contributed by atoms with Crippen LogP contribution in [0.15, 0.2) is 73.4 Å². The highest BCUT2D eigenvalue weighted by Crippen LogP contribution is 2.07. The third-order valence-corrected chi connectivity index (χ3v) is 6.78. The molecule has 1 fully saturated rings. The summed E-state index contributed by atoms with van der Waals surface area (Å²) in [5, 5.41) is 11.0. The van der Waals surface area contributed by atoms with Gasteiger partial charge in [0.25, 0.3) is 0 Å². The molecular formula is C36H54N8O4. The van der Waals surface area contributed by atoms with Crippen LogP contribution in [0.25, 0.3) is 0 Å². The lowest BCUT2D eigenvalue weighted by molar-refractivity contribution is -0.119. The number of hydrogen-bond donors (Lipinski definition) is 4. The molecule has 0 aromatic carbocycles. The molecule has 12 nitrogen and oxygen atoms in total. The van der Waals surface area contributed by atoms with Crippen molar-refractivity contribution >= 4 is 23.6 Å². The lowest BCUT2D eigenvalue weighted by Crippen LogP contribution is -2.36. The van der Waals surface area contributed by atoms with Crippen LogP contribution in [0.1, 0.15) is 63.8 Å². The Labute approximate surface area is 285 Å². The van der Waals surface area contributed by atoms with E-state index in [0.717, 1.165) is 43.6 Å². The summed E-state index contributed by atoms with van der Waals surface area (Å²) < 4.78 is 0. The van der Waals surface area contributed by atoms with Gasteiger partial charge in [-0.05, 0) is 80.2 Å². The van der Waals surface area contributed by atoms with Gasteiger partial charge in [0.2, 0.25) is 23.6 Å². The van der Waals surface area contributed by atoms with E-state index in [9.17, 15) is 19.2 Å². The standard InChI is InChI=1S/3C9H12N2O.C9H18N2O/c1-8(12)11-7-4-9-2-5-10-6-3-9;1-8(12)11-6-4-9-3-2-5-10-7-9;1-8(12)10-7-5-9-4-2-3-6-11-9;1-9(12)10-5-8-11-6-3-2-4-7-11/h2-3,5-6H,4,7H2,1H3,(H,11,12);2-3,5,7H,4,6H2,1H3,(H,11,12);2-4,6H,5,7H2,1H3,(H,10,12);2-8H2,1H3,(H,10,12). The molecule has 0 radical (unpaired) electrons. The highest BCUT2D eigenvalue weighted by molar-refractivity contribution is 5.73. The molecule has 48 heavy (non-hydrogen) atoms. The SMILES string of the molecule is CC(=O)NCCN1CCCCC1.CC(=O)NCCc1ccccn1.CC(=O)NCCc1cccnc1.CC(=O)NCCc1ccncc1. The minimum Gasteiger partial charge on any atom is -0.356 e. The van der Waals surface area contributed by atoms with Gasteiger partial charge in [-0.3, -0.25) is 34.1 Å². The maximum Gasteiger partial charge on any atom is 0.216 e. The molecule has 0 unspecified atom stereocenters. The summed E-state index contributed by atoms with van der Waals surface area (Å²) in [6, 6.07) is 13.5. The van der Waals surface area contributed by atoms with Crippen molar-refractivity contribution in [2.45, 2.75) is 66.2 Å². The molecule has 4 N–H and O–H groups in total. The lowest BCUT2D eigenvalue weighted by atomic mass is 10.1. The Kier molecular flexibility index (Phi) is 23.6. The second-order valence-corrected chi connectivity index (χ2v) is 11.1. The van der Waals surface area contributed by atoms with Crippen molar-refractivity contribution in [2.75, 3.05) is 45.8 Å². The van der Waals surface area contributed by atoms with Crippen LogP contribution in [-0.2, 0) is 38.4 Å². The van der Waals surface area contributed by atoms with Crippen molar-refractivity contribution in [3.63, 3.8) is 0 Å². The first-order chi connectivity index (χ1) is 23.2. The number of nitrogens with one attached hydrogen (secondary N) is 4. The zero-order valence-electron chi connectivity index (χ0n) is 29.0. The predicted molar refractivity (Wildman–Crippen MR) is 189 cm³/mol. The average Bonchev–Trinajstić information content (AvgIpc) is 3.07. The van der Waals surface area contributed by atoms with E-state index in [-0.39, 0.29) is 23.6 Å². The Morgan fingerprint density at radius 3 is 1.67 bits per heavy atom. The summed E-state index contributed by atoms with van der Waals surface area (Å²) in [6.45, 7) is 12.4. The molecule has 0 bridgehead atoms. The number of hydrogen-bond acceptors (Lipinski definition) is 8. The molecule has 1 aliphatic rings. The zero-order valence-corrected chi connectivity index (χ0v) is 29.0. The number of piperidine rings is 1. The minimum absolute atomic E-state index is 0.00549. The Bertz CT molecular complexity index is 1140. The number of aromatic nitrogens is 3. The van der Waals surface area contributed by atoms with Gasteiger partial charge in [-0.25, -0.2) is 0 Å². The van der Waals surface area contributed by atoms with Gasteiger partial charge in [-0.15, -0.1) is 0 Å². The Morgan fingerprint density at radius 2 is 1.15 bits per heavy atom. The second kappa shape index (κ2) is 27.4. The molecule has 1 saturated heterocycles. The van der Waals surface area contributed by atoms with Crippen LogP contribution in [0.3, 0.4) is 0 Å². The van der Waals surface area contributed by atoms with Gasteiger partial charge in [0.15, 0.2) is 0 Å². The monoisotopic (exact) mass is 662 g/mol.